The molecule has 1 aromatic heterocycles. The molecule has 0 bridgehead atoms. The Morgan fingerprint density at radius 3 is 2.78 bits per heavy atom. The number of pyridine rings is 1. The molecule has 0 radical (unpaired) electrons. The lowest BCUT2D eigenvalue weighted by Crippen LogP contribution is -2.41. The van der Waals surface area contributed by atoms with Gasteiger partial charge in [-0.1, -0.05) is 18.2 Å². The highest BCUT2D eigenvalue weighted by molar-refractivity contribution is 7.99. The van der Waals surface area contributed by atoms with E-state index in [-0.39, 0.29) is 6.42 Å². The van der Waals surface area contributed by atoms with Gasteiger partial charge in [-0.2, -0.15) is 0 Å². The Bertz CT molecular complexity index is 1130. The predicted octanol–water partition coefficient (Wildman–Crippen LogP) is 5.65. The fraction of sp³-hybridized carbons (Fsp3) is 0.448. The average molecular weight is 509 g/mol. The van der Waals surface area contributed by atoms with Gasteiger partial charge in [-0.15, -0.1) is 11.8 Å². The molecule has 0 saturated carbocycles. The monoisotopic (exact) mass is 508 g/mol. The van der Waals surface area contributed by atoms with Crippen molar-refractivity contribution in [2.45, 2.75) is 43.1 Å². The maximum Gasteiger partial charge on any atom is 0.303 e. The van der Waals surface area contributed by atoms with Crippen LogP contribution in [0.15, 0.2) is 65.7 Å². The highest BCUT2D eigenvalue weighted by Crippen LogP contribution is 2.35. The van der Waals surface area contributed by atoms with E-state index in [2.05, 4.69) is 34.1 Å². The molecule has 0 unspecified atom stereocenters. The summed E-state index contributed by atoms with van der Waals surface area (Å²) in [5.41, 5.74) is 1.71. The molecule has 3 aromatic rings. The molecule has 6 nitrogen and oxygen atoms in total. The number of ether oxygens (including phenoxy) is 1. The quantitative estimate of drug-likeness (QED) is 0.306. The number of aliphatic carboxylic acids is 1. The van der Waals surface area contributed by atoms with E-state index in [1.54, 1.807) is 13.3 Å². The largest absolute Gasteiger partial charge is 0.497 e. The summed E-state index contributed by atoms with van der Waals surface area (Å²) in [4.78, 5) is 19.5. The van der Waals surface area contributed by atoms with Crippen LogP contribution in [-0.4, -0.2) is 58.6 Å². The van der Waals surface area contributed by atoms with Crippen LogP contribution in [0.25, 0.3) is 10.9 Å². The van der Waals surface area contributed by atoms with Crippen molar-refractivity contribution in [1.82, 2.24) is 9.88 Å². The third-order valence-electron chi connectivity index (χ3n) is 7.28. The number of methoxy groups -OCH3 is 1. The van der Waals surface area contributed by atoms with E-state index in [1.165, 1.54) is 4.90 Å². The number of aromatic nitrogens is 1. The smallest absolute Gasteiger partial charge is 0.303 e. The summed E-state index contributed by atoms with van der Waals surface area (Å²) in [7, 11) is 1.64. The van der Waals surface area contributed by atoms with E-state index in [9.17, 15) is 15.0 Å². The number of fused-ring (bicyclic) bond motifs is 1. The molecule has 3 atom stereocenters. The number of carboxylic acids is 1. The molecule has 0 aliphatic carbocycles. The van der Waals surface area contributed by atoms with Crippen LogP contribution in [0.1, 0.15) is 43.8 Å². The topological polar surface area (TPSA) is 82.9 Å². The minimum Gasteiger partial charge on any atom is -0.497 e. The number of piperidine rings is 1. The molecule has 1 saturated heterocycles. The van der Waals surface area contributed by atoms with Crippen LogP contribution >= 0.6 is 11.8 Å². The minimum atomic E-state index is -0.734. The molecule has 1 fully saturated rings. The Balaban J connectivity index is 1.35. The van der Waals surface area contributed by atoms with Crippen molar-refractivity contribution >= 4 is 28.6 Å². The van der Waals surface area contributed by atoms with E-state index in [4.69, 9.17) is 4.74 Å². The van der Waals surface area contributed by atoms with Crippen LogP contribution in [0.3, 0.4) is 0 Å². The van der Waals surface area contributed by atoms with Gasteiger partial charge in [0.1, 0.15) is 5.75 Å². The molecule has 2 heterocycles. The lowest BCUT2D eigenvalue weighted by molar-refractivity contribution is -0.137. The average Bonchev–Trinajstić information content (AvgIpc) is 2.91. The highest BCUT2D eigenvalue weighted by atomic mass is 32.2. The van der Waals surface area contributed by atoms with Gasteiger partial charge in [0.05, 0.1) is 18.7 Å². The van der Waals surface area contributed by atoms with E-state index in [1.807, 2.05) is 42.1 Å². The fourth-order valence-corrected chi connectivity index (χ4v) is 6.21. The van der Waals surface area contributed by atoms with Crippen molar-refractivity contribution in [3.05, 3.63) is 66.4 Å². The highest BCUT2D eigenvalue weighted by Gasteiger charge is 2.30. The second-order valence-corrected chi connectivity index (χ2v) is 10.7. The van der Waals surface area contributed by atoms with Gasteiger partial charge in [0.2, 0.25) is 0 Å². The van der Waals surface area contributed by atoms with Gasteiger partial charge < -0.3 is 19.8 Å². The van der Waals surface area contributed by atoms with Crippen molar-refractivity contribution in [2.75, 3.05) is 32.5 Å². The molecule has 1 aliphatic rings. The number of likely N-dealkylation sites (tertiary alicyclic amines) is 1. The van der Waals surface area contributed by atoms with Gasteiger partial charge in [0.15, 0.2) is 0 Å². The number of benzene rings is 2. The minimum absolute atomic E-state index is 0.200. The zero-order chi connectivity index (χ0) is 25.3. The van der Waals surface area contributed by atoms with Crippen molar-refractivity contribution in [2.24, 2.45) is 11.8 Å². The SMILES string of the molecule is COc1ccc2nccc([C@H](O)CC[C@@H]3CCN(CCSc4ccccc4)C[C@H]3CCC(=O)O)c2c1. The van der Waals surface area contributed by atoms with Crippen molar-refractivity contribution in [3.63, 3.8) is 0 Å². The third-order valence-corrected chi connectivity index (χ3v) is 8.27. The summed E-state index contributed by atoms with van der Waals surface area (Å²) < 4.78 is 5.37. The van der Waals surface area contributed by atoms with Gasteiger partial charge >= 0.3 is 5.97 Å². The Morgan fingerprint density at radius 1 is 1.17 bits per heavy atom. The first kappa shape index (κ1) is 26.5. The van der Waals surface area contributed by atoms with E-state index >= 15 is 0 Å². The lowest BCUT2D eigenvalue weighted by Gasteiger charge is -2.39. The predicted molar refractivity (Wildman–Crippen MR) is 145 cm³/mol. The third kappa shape index (κ3) is 7.21. The van der Waals surface area contributed by atoms with Gasteiger partial charge in [-0.05, 0) is 86.0 Å². The molecule has 7 heteroatoms. The number of aliphatic hydroxyl groups is 1. The molecule has 36 heavy (non-hydrogen) atoms. The number of nitrogens with zero attached hydrogens (tertiary/aromatic N) is 2. The summed E-state index contributed by atoms with van der Waals surface area (Å²) in [5.74, 6) is 1.79. The standard InChI is InChI=1S/C29H36N2O4S/c1-35-23-9-10-27-26(19-23)25(13-15-30-27)28(32)11-7-21-14-16-31(20-22(21)8-12-29(33)34)17-18-36-24-5-3-2-4-6-24/h2-6,9-10,13,15,19,21-22,28,32H,7-8,11-12,14,16-18,20H2,1H3,(H,33,34)/t21-,22-,28-/m1/s1. The first-order chi connectivity index (χ1) is 17.5. The zero-order valence-electron chi connectivity index (χ0n) is 20.9. The summed E-state index contributed by atoms with van der Waals surface area (Å²) in [6.45, 7) is 2.96. The maximum atomic E-state index is 11.3. The van der Waals surface area contributed by atoms with Crippen molar-refractivity contribution in [1.29, 1.82) is 0 Å². The first-order valence-corrected chi connectivity index (χ1v) is 13.7. The van der Waals surface area contributed by atoms with Crippen LogP contribution in [0.5, 0.6) is 5.75 Å². The molecule has 0 spiro atoms. The van der Waals surface area contributed by atoms with Crippen LogP contribution < -0.4 is 4.74 Å². The number of aliphatic hydroxyl groups excluding tert-OH is 1. The summed E-state index contributed by atoms with van der Waals surface area (Å²) in [6, 6.07) is 18.1. The van der Waals surface area contributed by atoms with E-state index in [0.717, 1.165) is 60.4 Å². The second-order valence-electron chi connectivity index (χ2n) is 9.58. The lowest BCUT2D eigenvalue weighted by atomic mass is 9.79. The van der Waals surface area contributed by atoms with Crippen LogP contribution in [-0.2, 0) is 4.79 Å². The Kier molecular flexibility index (Phi) is 9.61. The number of carboxylic acid groups (broad SMARTS) is 1. The normalized spacial score (nSPS) is 19.3. The van der Waals surface area contributed by atoms with Gasteiger partial charge in [-0.25, -0.2) is 0 Å². The molecule has 2 aromatic carbocycles. The molecule has 4 rings (SSSR count). The molecule has 0 amide bonds. The second kappa shape index (κ2) is 13.1. The first-order valence-electron chi connectivity index (χ1n) is 12.8. The summed E-state index contributed by atoms with van der Waals surface area (Å²) in [5, 5.41) is 21.3. The molecule has 2 N–H and O–H groups in total. The number of rotatable bonds is 12. The van der Waals surface area contributed by atoms with E-state index < -0.39 is 12.1 Å². The van der Waals surface area contributed by atoms with E-state index in [0.29, 0.717) is 24.7 Å². The molecular formula is C29H36N2O4S. The van der Waals surface area contributed by atoms with Gasteiger partial charge in [0.25, 0.3) is 0 Å². The Labute approximate surface area is 217 Å². The molecule has 192 valence electrons. The number of carbonyl (C=O) groups is 1. The summed E-state index contributed by atoms with van der Waals surface area (Å²) >= 11 is 1.87. The fourth-order valence-electron chi connectivity index (χ4n) is 5.28. The maximum absolute atomic E-state index is 11.3. The van der Waals surface area contributed by atoms with Crippen molar-refractivity contribution < 1.29 is 19.7 Å². The van der Waals surface area contributed by atoms with Crippen LogP contribution in [0.4, 0.5) is 0 Å². The Hall–Kier alpha value is -2.61. The van der Waals surface area contributed by atoms with Crippen LogP contribution in [0.2, 0.25) is 0 Å². The molecular weight excluding hydrogens is 472 g/mol. The van der Waals surface area contributed by atoms with Gasteiger partial charge in [-0.3, -0.25) is 9.78 Å². The Morgan fingerprint density at radius 2 is 2.00 bits per heavy atom. The number of hydrogen-bond donors (Lipinski definition) is 2. The number of hydrogen-bond acceptors (Lipinski definition) is 6. The summed E-state index contributed by atoms with van der Waals surface area (Å²) in [6.07, 6.45) is 4.61. The van der Waals surface area contributed by atoms with Gasteiger partial charge in [0, 0.05) is 41.7 Å². The zero-order valence-corrected chi connectivity index (χ0v) is 21.7. The van der Waals surface area contributed by atoms with Crippen molar-refractivity contribution in [3.8, 4) is 5.75 Å². The van der Waals surface area contributed by atoms with Crippen LogP contribution in [0, 0.1) is 11.8 Å². The number of thioether (sulfide) groups is 1. The molecule has 1 aliphatic heterocycles.